The number of aryl methyl sites for hydroxylation is 2. The van der Waals surface area contributed by atoms with Gasteiger partial charge in [0.1, 0.15) is 0 Å². The molecular formula is C13H21N3OS2. The zero-order valence-corrected chi connectivity index (χ0v) is 13.1. The van der Waals surface area contributed by atoms with E-state index < -0.39 is 0 Å². The molecule has 106 valence electrons. The molecule has 0 aliphatic carbocycles. The van der Waals surface area contributed by atoms with Crippen LogP contribution >= 0.6 is 23.1 Å². The second kappa shape index (κ2) is 7.26. The van der Waals surface area contributed by atoms with Crippen LogP contribution in [0.3, 0.4) is 0 Å². The van der Waals surface area contributed by atoms with E-state index in [1.165, 1.54) is 4.88 Å². The van der Waals surface area contributed by atoms with Gasteiger partial charge in [0.05, 0.1) is 11.4 Å². The summed E-state index contributed by atoms with van der Waals surface area (Å²) >= 11 is 3.33. The van der Waals surface area contributed by atoms with E-state index in [-0.39, 0.29) is 5.91 Å². The molecule has 0 saturated carbocycles. The van der Waals surface area contributed by atoms with Crippen molar-refractivity contribution >= 4 is 34.1 Å². The third kappa shape index (κ3) is 4.47. The summed E-state index contributed by atoms with van der Waals surface area (Å²) in [6.07, 6.45) is 3.24. The van der Waals surface area contributed by atoms with Gasteiger partial charge in [-0.1, -0.05) is 6.92 Å². The second-order valence-corrected chi connectivity index (χ2v) is 7.18. The number of hydrogen-bond acceptors (Lipinski definition) is 5. The highest BCUT2D eigenvalue weighted by Crippen LogP contribution is 2.24. The fourth-order valence-corrected chi connectivity index (χ4v) is 4.07. The SMILES string of the molecule is CCc1nc(NC(=O)CSC2CCNCC2)sc1C. The molecule has 0 bridgehead atoms. The number of thiazole rings is 1. The van der Waals surface area contributed by atoms with Gasteiger partial charge in [-0.05, 0) is 39.3 Å². The Bertz CT molecular complexity index is 428. The standard InChI is InChI=1S/C13H21N3OS2/c1-3-11-9(2)19-13(15-11)16-12(17)8-18-10-4-6-14-7-5-10/h10,14H,3-8H2,1-2H3,(H,15,16,17). The Morgan fingerprint density at radius 3 is 2.89 bits per heavy atom. The van der Waals surface area contributed by atoms with Gasteiger partial charge in [0, 0.05) is 10.1 Å². The Hall–Kier alpha value is -0.590. The zero-order chi connectivity index (χ0) is 13.7. The van der Waals surface area contributed by atoms with Crippen LogP contribution in [-0.4, -0.2) is 35.0 Å². The Kier molecular flexibility index (Phi) is 5.66. The zero-order valence-electron chi connectivity index (χ0n) is 11.5. The Balaban J connectivity index is 1.76. The fourth-order valence-electron chi connectivity index (χ4n) is 2.12. The summed E-state index contributed by atoms with van der Waals surface area (Å²) in [6.45, 7) is 6.28. The van der Waals surface area contributed by atoms with E-state index in [0.29, 0.717) is 11.0 Å². The van der Waals surface area contributed by atoms with Crippen LogP contribution in [0.25, 0.3) is 0 Å². The van der Waals surface area contributed by atoms with Gasteiger partial charge in [0.2, 0.25) is 5.91 Å². The number of carbonyl (C=O) groups excluding carboxylic acids is 1. The maximum absolute atomic E-state index is 11.9. The number of thioether (sulfide) groups is 1. The van der Waals surface area contributed by atoms with Gasteiger partial charge >= 0.3 is 0 Å². The molecule has 0 radical (unpaired) electrons. The van der Waals surface area contributed by atoms with E-state index in [0.717, 1.165) is 43.2 Å². The average Bonchev–Trinajstić information content (AvgIpc) is 2.77. The average molecular weight is 299 g/mol. The summed E-state index contributed by atoms with van der Waals surface area (Å²) < 4.78 is 0. The predicted octanol–water partition coefficient (Wildman–Crippen LogP) is 2.44. The molecule has 19 heavy (non-hydrogen) atoms. The molecule has 1 aliphatic rings. The van der Waals surface area contributed by atoms with Gasteiger partial charge in [-0.15, -0.1) is 23.1 Å². The number of amides is 1. The second-order valence-electron chi connectivity index (χ2n) is 4.68. The lowest BCUT2D eigenvalue weighted by Crippen LogP contribution is -2.30. The largest absolute Gasteiger partial charge is 0.317 e. The van der Waals surface area contributed by atoms with Crippen molar-refractivity contribution < 1.29 is 4.79 Å². The lowest BCUT2D eigenvalue weighted by Gasteiger charge is -2.21. The number of rotatable bonds is 5. The van der Waals surface area contributed by atoms with Crippen LogP contribution in [0.15, 0.2) is 0 Å². The number of nitrogens with zero attached hydrogens (tertiary/aromatic N) is 1. The smallest absolute Gasteiger partial charge is 0.236 e. The van der Waals surface area contributed by atoms with Crippen molar-refractivity contribution in [2.45, 2.75) is 38.4 Å². The molecular weight excluding hydrogens is 278 g/mol. The first kappa shape index (κ1) is 14.8. The van der Waals surface area contributed by atoms with Crippen LogP contribution in [0.1, 0.15) is 30.3 Å². The van der Waals surface area contributed by atoms with Gasteiger partial charge in [-0.2, -0.15) is 0 Å². The number of carbonyl (C=O) groups is 1. The van der Waals surface area contributed by atoms with E-state index in [9.17, 15) is 4.79 Å². The quantitative estimate of drug-likeness (QED) is 0.877. The van der Waals surface area contributed by atoms with Crippen molar-refractivity contribution in [3.05, 3.63) is 10.6 Å². The Morgan fingerprint density at radius 2 is 2.26 bits per heavy atom. The number of nitrogens with one attached hydrogen (secondary N) is 2. The molecule has 1 aromatic heterocycles. The Morgan fingerprint density at radius 1 is 1.53 bits per heavy atom. The predicted molar refractivity (Wildman–Crippen MR) is 83.2 cm³/mol. The van der Waals surface area contributed by atoms with E-state index in [4.69, 9.17) is 0 Å². The lowest BCUT2D eigenvalue weighted by molar-refractivity contribution is -0.113. The van der Waals surface area contributed by atoms with E-state index in [1.54, 1.807) is 23.1 Å². The summed E-state index contributed by atoms with van der Waals surface area (Å²) in [4.78, 5) is 17.5. The molecule has 6 heteroatoms. The normalized spacial score (nSPS) is 16.5. The maximum atomic E-state index is 11.9. The highest BCUT2D eigenvalue weighted by Gasteiger charge is 2.15. The topological polar surface area (TPSA) is 54.0 Å². The molecule has 0 unspecified atom stereocenters. The molecule has 1 aliphatic heterocycles. The van der Waals surface area contributed by atoms with Crippen molar-refractivity contribution in [2.24, 2.45) is 0 Å². The third-order valence-electron chi connectivity index (χ3n) is 3.21. The monoisotopic (exact) mass is 299 g/mol. The van der Waals surface area contributed by atoms with Crippen molar-refractivity contribution in [3.8, 4) is 0 Å². The van der Waals surface area contributed by atoms with Gasteiger partial charge in [-0.3, -0.25) is 4.79 Å². The highest BCUT2D eigenvalue weighted by molar-refractivity contribution is 8.00. The molecule has 0 atom stereocenters. The first-order valence-electron chi connectivity index (χ1n) is 6.77. The number of anilines is 1. The first-order valence-corrected chi connectivity index (χ1v) is 8.64. The molecule has 1 aromatic rings. The molecule has 4 nitrogen and oxygen atoms in total. The maximum Gasteiger partial charge on any atom is 0.236 e. The van der Waals surface area contributed by atoms with Gasteiger partial charge in [-0.25, -0.2) is 4.98 Å². The summed E-state index contributed by atoms with van der Waals surface area (Å²) in [5.74, 6) is 0.602. The van der Waals surface area contributed by atoms with Crippen LogP contribution in [0.5, 0.6) is 0 Å². The van der Waals surface area contributed by atoms with Crippen LogP contribution in [-0.2, 0) is 11.2 Å². The number of aromatic nitrogens is 1. The molecule has 0 spiro atoms. The minimum Gasteiger partial charge on any atom is -0.317 e. The fraction of sp³-hybridized carbons (Fsp3) is 0.692. The minimum absolute atomic E-state index is 0.0694. The van der Waals surface area contributed by atoms with E-state index in [2.05, 4.69) is 29.5 Å². The van der Waals surface area contributed by atoms with Crippen molar-refractivity contribution in [2.75, 3.05) is 24.2 Å². The van der Waals surface area contributed by atoms with Gasteiger partial charge < -0.3 is 10.6 Å². The van der Waals surface area contributed by atoms with Crippen molar-refractivity contribution in [3.63, 3.8) is 0 Å². The van der Waals surface area contributed by atoms with Gasteiger partial charge in [0.25, 0.3) is 0 Å². The molecule has 1 fully saturated rings. The summed E-state index contributed by atoms with van der Waals surface area (Å²) in [6, 6.07) is 0. The van der Waals surface area contributed by atoms with Gasteiger partial charge in [0.15, 0.2) is 5.13 Å². The molecule has 1 saturated heterocycles. The minimum atomic E-state index is 0.0694. The number of hydrogen-bond donors (Lipinski definition) is 2. The molecule has 2 heterocycles. The molecule has 0 aromatic carbocycles. The van der Waals surface area contributed by atoms with Crippen LogP contribution in [0.2, 0.25) is 0 Å². The summed E-state index contributed by atoms with van der Waals surface area (Å²) in [5, 5.41) is 7.61. The highest BCUT2D eigenvalue weighted by atomic mass is 32.2. The third-order valence-corrected chi connectivity index (χ3v) is 5.51. The molecule has 1 amide bonds. The van der Waals surface area contributed by atoms with Crippen molar-refractivity contribution in [1.82, 2.24) is 10.3 Å². The van der Waals surface area contributed by atoms with E-state index in [1.807, 2.05) is 0 Å². The molecule has 2 N–H and O–H groups in total. The first-order chi connectivity index (χ1) is 9.19. The molecule has 2 rings (SSSR count). The van der Waals surface area contributed by atoms with Crippen LogP contribution < -0.4 is 10.6 Å². The summed E-state index contributed by atoms with van der Waals surface area (Å²) in [5.41, 5.74) is 1.09. The van der Waals surface area contributed by atoms with Crippen LogP contribution in [0, 0.1) is 6.92 Å². The Labute approximate surface area is 122 Å². The van der Waals surface area contributed by atoms with Crippen molar-refractivity contribution in [1.29, 1.82) is 0 Å². The van der Waals surface area contributed by atoms with E-state index >= 15 is 0 Å². The van der Waals surface area contributed by atoms with Crippen LogP contribution in [0.4, 0.5) is 5.13 Å². The number of piperidine rings is 1. The summed E-state index contributed by atoms with van der Waals surface area (Å²) in [7, 11) is 0. The lowest BCUT2D eigenvalue weighted by atomic mass is 10.2.